The summed E-state index contributed by atoms with van der Waals surface area (Å²) < 4.78 is 9.82. The Morgan fingerprint density at radius 1 is 1.44 bits per heavy atom. The molecular weight excluding hydrogens is 298 g/mol. The standard InChI is InChI=1S/C13H18BrNO3/c1-9(15-8-12(14)13(16)18-3)10-5-4-6-11(7-10)17-2/h4-7,9,12,15H,8H2,1-3H3/t9-,12?/m1/s1. The molecular formula is C13H18BrNO3. The zero-order valence-electron chi connectivity index (χ0n) is 10.8. The third kappa shape index (κ3) is 4.31. The van der Waals surface area contributed by atoms with Crippen LogP contribution in [0.25, 0.3) is 0 Å². The van der Waals surface area contributed by atoms with Crippen LogP contribution in [0.3, 0.4) is 0 Å². The van der Waals surface area contributed by atoms with Gasteiger partial charge in [0.15, 0.2) is 0 Å². The lowest BCUT2D eigenvalue weighted by atomic mass is 10.1. The molecule has 0 aliphatic heterocycles. The van der Waals surface area contributed by atoms with Gasteiger partial charge >= 0.3 is 5.97 Å². The van der Waals surface area contributed by atoms with Crippen molar-refractivity contribution in [2.45, 2.75) is 17.8 Å². The van der Waals surface area contributed by atoms with E-state index >= 15 is 0 Å². The Bertz CT molecular complexity index is 398. The van der Waals surface area contributed by atoms with E-state index in [0.29, 0.717) is 6.54 Å². The molecule has 100 valence electrons. The molecule has 1 aromatic rings. The SMILES string of the molecule is COC(=O)C(Br)CN[C@H](C)c1cccc(OC)c1. The summed E-state index contributed by atoms with van der Waals surface area (Å²) in [5, 5.41) is 3.26. The summed E-state index contributed by atoms with van der Waals surface area (Å²) in [6.45, 7) is 2.54. The van der Waals surface area contributed by atoms with E-state index in [1.54, 1.807) is 7.11 Å². The van der Waals surface area contributed by atoms with E-state index in [-0.39, 0.29) is 16.8 Å². The van der Waals surface area contributed by atoms with Crippen LogP contribution < -0.4 is 10.1 Å². The summed E-state index contributed by atoms with van der Waals surface area (Å²) >= 11 is 3.27. The fraction of sp³-hybridized carbons (Fsp3) is 0.462. The molecule has 2 atom stereocenters. The molecule has 18 heavy (non-hydrogen) atoms. The lowest BCUT2D eigenvalue weighted by Gasteiger charge is -2.16. The van der Waals surface area contributed by atoms with Crippen LogP contribution in [0.2, 0.25) is 0 Å². The summed E-state index contributed by atoms with van der Waals surface area (Å²) in [6, 6.07) is 7.96. The summed E-state index contributed by atoms with van der Waals surface area (Å²) in [6.07, 6.45) is 0. The van der Waals surface area contributed by atoms with Crippen molar-refractivity contribution >= 4 is 21.9 Å². The van der Waals surface area contributed by atoms with Crippen LogP contribution in [0.1, 0.15) is 18.5 Å². The molecule has 0 aliphatic rings. The predicted octanol–water partition coefficient (Wildman–Crippen LogP) is 2.28. The number of methoxy groups -OCH3 is 2. The normalized spacial score (nSPS) is 13.8. The van der Waals surface area contributed by atoms with Gasteiger partial charge in [-0.3, -0.25) is 4.79 Å². The number of hydrogen-bond acceptors (Lipinski definition) is 4. The number of halogens is 1. The molecule has 0 radical (unpaired) electrons. The highest BCUT2D eigenvalue weighted by molar-refractivity contribution is 9.10. The molecule has 0 saturated carbocycles. The number of rotatable bonds is 6. The zero-order valence-corrected chi connectivity index (χ0v) is 12.4. The minimum absolute atomic E-state index is 0.129. The van der Waals surface area contributed by atoms with Crippen LogP contribution in [0.15, 0.2) is 24.3 Å². The topological polar surface area (TPSA) is 47.6 Å². The molecule has 1 unspecified atom stereocenters. The van der Waals surface area contributed by atoms with Crippen LogP contribution in [0, 0.1) is 0 Å². The van der Waals surface area contributed by atoms with Gasteiger partial charge < -0.3 is 14.8 Å². The Kier molecular flexibility index (Phi) is 6.15. The molecule has 1 N–H and O–H groups in total. The first kappa shape index (κ1) is 15.0. The summed E-state index contributed by atoms with van der Waals surface area (Å²) in [5.74, 6) is 0.546. The van der Waals surface area contributed by atoms with Gasteiger partial charge in [-0.2, -0.15) is 0 Å². The van der Waals surface area contributed by atoms with Crippen molar-refractivity contribution in [1.82, 2.24) is 5.32 Å². The van der Waals surface area contributed by atoms with Gasteiger partial charge in [-0.25, -0.2) is 0 Å². The van der Waals surface area contributed by atoms with Gasteiger partial charge in [0.2, 0.25) is 0 Å². The largest absolute Gasteiger partial charge is 0.497 e. The van der Waals surface area contributed by atoms with E-state index in [9.17, 15) is 4.79 Å². The number of alkyl halides is 1. The van der Waals surface area contributed by atoms with Gasteiger partial charge in [0.25, 0.3) is 0 Å². The van der Waals surface area contributed by atoms with E-state index in [4.69, 9.17) is 4.74 Å². The number of ether oxygens (including phenoxy) is 2. The van der Waals surface area contributed by atoms with Crippen LogP contribution in [-0.2, 0) is 9.53 Å². The monoisotopic (exact) mass is 315 g/mol. The average molecular weight is 316 g/mol. The second-order valence-electron chi connectivity index (χ2n) is 3.90. The summed E-state index contributed by atoms with van der Waals surface area (Å²) in [7, 11) is 3.02. The molecule has 0 amide bonds. The molecule has 0 aromatic heterocycles. The molecule has 0 fully saturated rings. The third-order valence-electron chi connectivity index (χ3n) is 2.65. The molecule has 0 aliphatic carbocycles. The maximum absolute atomic E-state index is 11.2. The van der Waals surface area contributed by atoms with Crippen molar-refractivity contribution < 1.29 is 14.3 Å². The number of nitrogens with one attached hydrogen (secondary N) is 1. The second-order valence-corrected chi connectivity index (χ2v) is 5.00. The van der Waals surface area contributed by atoms with Crippen molar-refractivity contribution in [2.75, 3.05) is 20.8 Å². The fourth-order valence-corrected chi connectivity index (χ4v) is 1.89. The van der Waals surface area contributed by atoms with Crippen molar-refractivity contribution in [3.63, 3.8) is 0 Å². The van der Waals surface area contributed by atoms with Crippen LogP contribution in [0.4, 0.5) is 0 Å². The maximum atomic E-state index is 11.2. The molecule has 0 bridgehead atoms. The van der Waals surface area contributed by atoms with Crippen molar-refractivity contribution in [3.05, 3.63) is 29.8 Å². The van der Waals surface area contributed by atoms with Gasteiger partial charge in [-0.05, 0) is 24.6 Å². The van der Waals surface area contributed by atoms with Gasteiger partial charge in [-0.1, -0.05) is 28.1 Å². The Balaban J connectivity index is 2.54. The molecule has 5 heteroatoms. The van der Waals surface area contributed by atoms with Crippen molar-refractivity contribution in [3.8, 4) is 5.75 Å². The van der Waals surface area contributed by atoms with E-state index in [1.165, 1.54) is 7.11 Å². The summed E-state index contributed by atoms with van der Waals surface area (Å²) in [4.78, 5) is 10.9. The van der Waals surface area contributed by atoms with Crippen molar-refractivity contribution in [1.29, 1.82) is 0 Å². The van der Waals surface area contributed by atoms with E-state index in [2.05, 4.69) is 26.0 Å². The second kappa shape index (κ2) is 7.38. The van der Waals surface area contributed by atoms with Gasteiger partial charge in [0, 0.05) is 12.6 Å². The lowest BCUT2D eigenvalue weighted by molar-refractivity contribution is -0.139. The van der Waals surface area contributed by atoms with Gasteiger partial charge in [0.05, 0.1) is 14.2 Å². The Morgan fingerprint density at radius 2 is 2.17 bits per heavy atom. The van der Waals surface area contributed by atoms with Crippen LogP contribution >= 0.6 is 15.9 Å². The molecule has 1 rings (SSSR count). The number of hydrogen-bond donors (Lipinski definition) is 1. The Hall–Kier alpha value is -1.07. The third-order valence-corrected chi connectivity index (χ3v) is 3.35. The summed E-state index contributed by atoms with van der Waals surface area (Å²) in [5.41, 5.74) is 1.11. The smallest absolute Gasteiger partial charge is 0.320 e. The molecule has 4 nitrogen and oxygen atoms in total. The lowest BCUT2D eigenvalue weighted by Crippen LogP contribution is -2.31. The maximum Gasteiger partial charge on any atom is 0.320 e. The first-order valence-electron chi connectivity index (χ1n) is 5.67. The highest BCUT2D eigenvalue weighted by atomic mass is 79.9. The number of carbonyl (C=O) groups excluding carboxylic acids is 1. The van der Waals surface area contributed by atoms with E-state index in [1.807, 2.05) is 31.2 Å². The molecule has 0 heterocycles. The van der Waals surface area contributed by atoms with Crippen molar-refractivity contribution in [2.24, 2.45) is 0 Å². The fourth-order valence-electron chi connectivity index (χ4n) is 1.52. The molecule has 1 aromatic carbocycles. The first-order chi connectivity index (χ1) is 8.58. The van der Waals surface area contributed by atoms with Crippen LogP contribution in [-0.4, -0.2) is 31.6 Å². The van der Waals surface area contributed by atoms with Crippen LogP contribution in [0.5, 0.6) is 5.75 Å². The predicted molar refractivity (Wildman–Crippen MR) is 74.1 cm³/mol. The average Bonchev–Trinajstić information content (AvgIpc) is 2.43. The highest BCUT2D eigenvalue weighted by Crippen LogP contribution is 2.18. The van der Waals surface area contributed by atoms with Gasteiger partial charge in [0.1, 0.15) is 10.6 Å². The number of esters is 1. The van der Waals surface area contributed by atoms with E-state index < -0.39 is 0 Å². The molecule has 0 saturated heterocycles. The Morgan fingerprint density at radius 3 is 2.78 bits per heavy atom. The first-order valence-corrected chi connectivity index (χ1v) is 6.59. The molecule has 0 spiro atoms. The van der Waals surface area contributed by atoms with Gasteiger partial charge in [-0.15, -0.1) is 0 Å². The number of benzene rings is 1. The van der Waals surface area contributed by atoms with E-state index in [0.717, 1.165) is 11.3 Å². The zero-order chi connectivity index (χ0) is 13.5. The quantitative estimate of drug-likeness (QED) is 0.646. The number of carbonyl (C=O) groups is 1. The highest BCUT2D eigenvalue weighted by Gasteiger charge is 2.16. The minimum Gasteiger partial charge on any atom is -0.497 e. The minimum atomic E-state index is -0.337. The Labute approximate surface area is 116 Å².